The molecule has 3 rings (SSSR count). The van der Waals surface area contributed by atoms with Crippen molar-refractivity contribution in [2.24, 2.45) is 11.8 Å². The number of carboxylic acids is 1. The van der Waals surface area contributed by atoms with Gasteiger partial charge in [0.15, 0.2) is 0 Å². The Morgan fingerprint density at radius 3 is 2.95 bits per heavy atom. The fourth-order valence-electron chi connectivity index (χ4n) is 3.35. The monoisotopic (exact) mass is 272 g/mol. The van der Waals surface area contributed by atoms with Crippen LogP contribution in [0.1, 0.15) is 43.0 Å². The van der Waals surface area contributed by atoms with Gasteiger partial charge in [-0.15, -0.1) is 0 Å². The number of benzene rings is 1. The molecule has 1 aliphatic carbocycles. The third-order valence-electron chi connectivity index (χ3n) is 4.59. The Morgan fingerprint density at radius 2 is 2.20 bits per heavy atom. The van der Waals surface area contributed by atoms with Crippen molar-refractivity contribution in [3.63, 3.8) is 0 Å². The van der Waals surface area contributed by atoms with E-state index >= 15 is 0 Å². The zero-order chi connectivity index (χ0) is 14.1. The van der Waals surface area contributed by atoms with Crippen molar-refractivity contribution in [2.75, 3.05) is 0 Å². The van der Waals surface area contributed by atoms with Crippen molar-refractivity contribution in [3.8, 4) is 0 Å². The Bertz CT molecular complexity index is 632. The zero-order valence-corrected chi connectivity index (χ0v) is 11.7. The molecule has 1 heterocycles. The molecular formula is C16H20N2O2. The van der Waals surface area contributed by atoms with E-state index in [0.717, 1.165) is 17.6 Å². The van der Waals surface area contributed by atoms with Gasteiger partial charge in [0.2, 0.25) is 0 Å². The minimum absolute atomic E-state index is 0.350. The summed E-state index contributed by atoms with van der Waals surface area (Å²) in [7, 11) is 0. The van der Waals surface area contributed by atoms with E-state index < -0.39 is 5.97 Å². The van der Waals surface area contributed by atoms with Crippen LogP contribution in [0.3, 0.4) is 0 Å². The number of carbonyl (C=O) groups is 1. The van der Waals surface area contributed by atoms with E-state index in [9.17, 15) is 9.90 Å². The van der Waals surface area contributed by atoms with Gasteiger partial charge in [0, 0.05) is 6.54 Å². The molecule has 1 N–H and O–H groups in total. The summed E-state index contributed by atoms with van der Waals surface area (Å²) in [5.74, 6) is 0.454. The molecule has 2 atom stereocenters. The van der Waals surface area contributed by atoms with Gasteiger partial charge in [-0.1, -0.05) is 32.3 Å². The highest BCUT2D eigenvalue weighted by Gasteiger charge is 2.23. The first-order valence-corrected chi connectivity index (χ1v) is 7.34. The second kappa shape index (κ2) is 5.27. The second-order valence-electron chi connectivity index (χ2n) is 5.90. The summed E-state index contributed by atoms with van der Waals surface area (Å²) in [6, 6.07) is 5.29. The molecule has 0 radical (unpaired) electrons. The number of hydrogen-bond donors (Lipinski definition) is 1. The van der Waals surface area contributed by atoms with Crippen LogP contribution in [0.25, 0.3) is 11.0 Å². The molecule has 2 aromatic rings. The standard InChI is InChI=1S/C16H20N2O2/c1-11-5-2-3-6-12(11)9-18-10-17-14-8-4-7-13(15(14)18)16(19)20/h4,7-8,10-12H,2-3,5-6,9H2,1H3,(H,19,20). The van der Waals surface area contributed by atoms with E-state index in [4.69, 9.17) is 0 Å². The van der Waals surface area contributed by atoms with Gasteiger partial charge in [-0.3, -0.25) is 0 Å². The number of carboxylic acid groups (broad SMARTS) is 1. The molecule has 0 spiro atoms. The van der Waals surface area contributed by atoms with Gasteiger partial charge in [-0.05, 0) is 30.4 Å². The van der Waals surface area contributed by atoms with Gasteiger partial charge < -0.3 is 9.67 Å². The maximum absolute atomic E-state index is 11.4. The summed E-state index contributed by atoms with van der Waals surface area (Å²) in [5, 5.41) is 9.34. The van der Waals surface area contributed by atoms with E-state index in [1.807, 2.05) is 10.6 Å². The van der Waals surface area contributed by atoms with E-state index in [0.29, 0.717) is 17.4 Å². The third-order valence-corrected chi connectivity index (χ3v) is 4.59. The molecule has 1 aliphatic rings. The van der Waals surface area contributed by atoms with E-state index in [1.54, 1.807) is 18.5 Å². The lowest BCUT2D eigenvalue weighted by Gasteiger charge is -2.29. The van der Waals surface area contributed by atoms with Gasteiger partial charge in [-0.2, -0.15) is 0 Å². The summed E-state index contributed by atoms with van der Waals surface area (Å²) in [6.45, 7) is 3.18. The Balaban J connectivity index is 1.97. The molecule has 0 bridgehead atoms. The van der Waals surface area contributed by atoms with Crippen LogP contribution in [0.5, 0.6) is 0 Å². The molecule has 0 saturated heterocycles. The fourth-order valence-corrected chi connectivity index (χ4v) is 3.35. The molecule has 2 unspecified atom stereocenters. The lowest BCUT2D eigenvalue weighted by atomic mass is 9.80. The minimum atomic E-state index is -0.881. The summed E-state index contributed by atoms with van der Waals surface area (Å²) in [5.41, 5.74) is 1.88. The van der Waals surface area contributed by atoms with Crippen LogP contribution in [0.2, 0.25) is 0 Å². The first kappa shape index (κ1) is 13.2. The van der Waals surface area contributed by atoms with Crippen LogP contribution < -0.4 is 0 Å². The quantitative estimate of drug-likeness (QED) is 0.929. The first-order chi connectivity index (χ1) is 9.66. The molecule has 0 aliphatic heterocycles. The molecule has 1 fully saturated rings. The van der Waals surface area contributed by atoms with Crippen molar-refractivity contribution in [1.29, 1.82) is 0 Å². The number of aromatic nitrogens is 2. The lowest BCUT2D eigenvalue weighted by molar-refractivity contribution is 0.0698. The molecule has 1 saturated carbocycles. The predicted octanol–water partition coefficient (Wildman–Crippen LogP) is 3.56. The van der Waals surface area contributed by atoms with Crippen molar-refractivity contribution >= 4 is 17.0 Å². The van der Waals surface area contributed by atoms with Crippen LogP contribution in [-0.2, 0) is 6.54 Å². The maximum atomic E-state index is 11.4. The van der Waals surface area contributed by atoms with Crippen molar-refractivity contribution < 1.29 is 9.90 Å². The molecule has 1 aromatic carbocycles. The van der Waals surface area contributed by atoms with Gasteiger partial charge in [-0.25, -0.2) is 9.78 Å². The third kappa shape index (κ3) is 2.30. The van der Waals surface area contributed by atoms with E-state index in [-0.39, 0.29) is 0 Å². The summed E-state index contributed by atoms with van der Waals surface area (Å²) in [6.07, 6.45) is 6.91. The van der Waals surface area contributed by atoms with E-state index in [2.05, 4.69) is 11.9 Å². The normalized spacial score (nSPS) is 23.1. The number of rotatable bonds is 3. The number of nitrogens with zero attached hydrogens (tertiary/aromatic N) is 2. The molecule has 4 heteroatoms. The first-order valence-electron chi connectivity index (χ1n) is 7.34. The van der Waals surface area contributed by atoms with Gasteiger partial charge >= 0.3 is 5.97 Å². The Kier molecular flexibility index (Phi) is 3.47. The van der Waals surface area contributed by atoms with Gasteiger partial charge in [0.05, 0.1) is 22.9 Å². The molecule has 4 nitrogen and oxygen atoms in total. The maximum Gasteiger partial charge on any atom is 0.337 e. The number of hydrogen-bond acceptors (Lipinski definition) is 2. The summed E-state index contributed by atoms with van der Waals surface area (Å²) >= 11 is 0. The summed E-state index contributed by atoms with van der Waals surface area (Å²) < 4.78 is 2.03. The number of fused-ring (bicyclic) bond motifs is 1. The topological polar surface area (TPSA) is 55.1 Å². The SMILES string of the molecule is CC1CCCCC1Cn1cnc2cccc(C(=O)O)c21. The van der Waals surface area contributed by atoms with Crippen LogP contribution in [0.4, 0.5) is 0 Å². The van der Waals surface area contributed by atoms with Gasteiger partial charge in [0.25, 0.3) is 0 Å². The van der Waals surface area contributed by atoms with Gasteiger partial charge in [0.1, 0.15) is 0 Å². The molecule has 1 aromatic heterocycles. The number of para-hydroxylation sites is 1. The number of aromatic carboxylic acids is 1. The second-order valence-corrected chi connectivity index (χ2v) is 5.90. The van der Waals surface area contributed by atoms with Crippen molar-refractivity contribution in [2.45, 2.75) is 39.2 Å². The molecule has 20 heavy (non-hydrogen) atoms. The molecule has 106 valence electrons. The average Bonchev–Trinajstić information content (AvgIpc) is 2.84. The Morgan fingerprint density at radius 1 is 1.40 bits per heavy atom. The van der Waals surface area contributed by atoms with Crippen molar-refractivity contribution in [1.82, 2.24) is 9.55 Å². The highest BCUT2D eigenvalue weighted by molar-refractivity contribution is 6.01. The average molecular weight is 272 g/mol. The van der Waals surface area contributed by atoms with Crippen LogP contribution in [-0.4, -0.2) is 20.6 Å². The van der Waals surface area contributed by atoms with E-state index in [1.165, 1.54) is 25.7 Å². The predicted molar refractivity (Wildman–Crippen MR) is 77.8 cm³/mol. The largest absolute Gasteiger partial charge is 0.478 e. The number of imidazole rings is 1. The molecular weight excluding hydrogens is 252 g/mol. The smallest absolute Gasteiger partial charge is 0.337 e. The van der Waals surface area contributed by atoms with Crippen LogP contribution in [0.15, 0.2) is 24.5 Å². The zero-order valence-electron chi connectivity index (χ0n) is 11.7. The fraction of sp³-hybridized carbons (Fsp3) is 0.500. The van der Waals surface area contributed by atoms with Crippen LogP contribution in [0, 0.1) is 11.8 Å². The lowest BCUT2D eigenvalue weighted by Crippen LogP contribution is -2.22. The Hall–Kier alpha value is -1.84. The highest BCUT2D eigenvalue weighted by Crippen LogP contribution is 2.31. The summed E-state index contributed by atoms with van der Waals surface area (Å²) in [4.78, 5) is 15.7. The molecule has 0 amide bonds. The Labute approximate surface area is 118 Å². The van der Waals surface area contributed by atoms with Crippen molar-refractivity contribution in [3.05, 3.63) is 30.1 Å². The highest BCUT2D eigenvalue weighted by atomic mass is 16.4. The van der Waals surface area contributed by atoms with Crippen LogP contribution >= 0.6 is 0 Å². The minimum Gasteiger partial charge on any atom is -0.478 e.